The molecular weight excluding hydrogens is 422 g/mol. The first-order chi connectivity index (χ1) is 15.7. The van der Waals surface area contributed by atoms with Crippen LogP contribution >= 0.6 is 0 Å². The van der Waals surface area contributed by atoms with Crippen molar-refractivity contribution in [1.82, 2.24) is 36.2 Å². The number of rotatable bonds is 10. The molecule has 3 rings (SSSR count). The first-order valence-corrected chi connectivity index (χ1v) is 13.4. The number of aromatic nitrogens is 3. The Bertz CT molecular complexity index is 728. The first-order valence-electron chi connectivity index (χ1n) is 13.4. The van der Waals surface area contributed by atoms with Crippen LogP contribution in [0.3, 0.4) is 0 Å². The fourth-order valence-corrected chi connectivity index (χ4v) is 6.86. The molecule has 0 aliphatic carbocycles. The molecule has 0 radical (unpaired) electrons. The van der Waals surface area contributed by atoms with Crippen LogP contribution in [0.15, 0.2) is 12.7 Å². The number of piperidine rings is 2. The van der Waals surface area contributed by atoms with Crippen LogP contribution < -0.4 is 21.3 Å². The molecular formula is C27H51N7. The molecule has 0 amide bonds. The minimum absolute atomic E-state index is 0.118. The van der Waals surface area contributed by atoms with Gasteiger partial charge >= 0.3 is 0 Å². The average molecular weight is 474 g/mol. The molecule has 7 heteroatoms. The molecule has 1 aromatic rings. The maximum atomic E-state index is 4.50. The zero-order valence-electron chi connectivity index (χ0n) is 23.1. The van der Waals surface area contributed by atoms with Gasteiger partial charge in [0.1, 0.15) is 18.5 Å². The summed E-state index contributed by atoms with van der Waals surface area (Å²) in [5.74, 6) is 0.876. The third-order valence-electron chi connectivity index (χ3n) is 7.24. The summed E-state index contributed by atoms with van der Waals surface area (Å²) < 4.78 is 0. The molecule has 1 unspecified atom stereocenters. The number of nitrogens with zero attached hydrogens (tertiary/aromatic N) is 3. The Balaban J connectivity index is 1.47. The second kappa shape index (κ2) is 10.9. The number of unbranched alkanes of at least 4 members (excludes halogenated alkanes) is 2. The molecule has 2 fully saturated rings. The van der Waals surface area contributed by atoms with Gasteiger partial charge in [-0.25, -0.2) is 15.0 Å². The van der Waals surface area contributed by atoms with Gasteiger partial charge < -0.3 is 21.3 Å². The number of nitrogens with one attached hydrogen (secondary N) is 4. The van der Waals surface area contributed by atoms with E-state index < -0.39 is 0 Å². The lowest BCUT2D eigenvalue weighted by molar-refractivity contribution is 0.137. The summed E-state index contributed by atoms with van der Waals surface area (Å²) in [7, 11) is 0. The van der Waals surface area contributed by atoms with Crippen molar-refractivity contribution < 1.29 is 0 Å². The molecule has 194 valence electrons. The van der Waals surface area contributed by atoms with E-state index in [-0.39, 0.29) is 28.2 Å². The predicted octanol–water partition coefficient (Wildman–Crippen LogP) is 4.27. The van der Waals surface area contributed by atoms with Gasteiger partial charge in [-0.05, 0) is 100 Å². The standard InChI is InChI=1S/C27H51N7/c1-24(2)14-20(15-25(3,4)33-24)29-13-11-9-10-12-22(23-30-18-28-19-31-23)32-21-16-26(5,6)34-27(7,8)17-21/h18-22,29,32-34H,9-17H2,1-8H3. The zero-order chi connectivity index (χ0) is 25.0. The summed E-state index contributed by atoms with van der Waals surface area (Å²) in [6, 6.07) is 1.22. The highest BCUT2D eigenvalue weighted by molar-refractivity contribution is 5.03. The molecule has 1 atom stereocenters. The lowest BCUT2D eigenvalue weighted by Crippen LogP contribution is -2.61. The second-order valence-electron chi connectivity index (χ2n) is 13.5. The highest BCUT2D eigenvalue weighted by atomic mass is 15.1. The van der Waals surface area contributed by atoms with Gasteiger partial charge in [0, 0.05) is 34.2 Å². The van der Waals surface area contributed by atoms with Crippen LogP contribution in [0.1, 0.15) is 119 Å². The highest BCUT2D eigenvalue weighted by Gasteiger charge is 2.39. The van der Waals surface area contributed by atoms with E-state index in [0.717, 1.165) is 31.6 Å². The van der Waals surface area contributed by atoms with Gasteiger partial charge in [-0.2, -0.15) is 0 Å². The van der Waals surface area contributed by atoms with E-state index in [1.54, 1.807) is 12.7 Å². The number of hydrogen-bond acceptors (Lipinski definition) is 7. The van der Waals surface area contributed by atoms with Crippen molar-refractivity contribution in [3.8, 4) is 0 Å². The summed E-state index contributed by atoms with van der Waals surface area (Å²) in [5.41, 5.74) is 0.625. The van der Waals surface area contributed by atoms with Gasteiger partial charge in [0.2, 0.25) is 0 Å². The van der Waals surface area contributed by atoms with Crippen molar-refractivity contribution in [2.45, 2.75) is 147 Å². The Kier molecular flexibility index (Phi) is 8.76. The van der Waals surface area contributed by atoms with Gasteiger partial charge in [0.05, 0.1) is 6.04 Å². The Morgan fingerprint density at radius 2 is 1.26 bits per heavy atom. The highest BCUT2D eigenvalue weighted by Crippen LogP contribution is 2.31. The molecule has 0 spiro atoms. The minimum Gasteiger partial charge on any atom is -0.314 e. The molecule has 4 N–H and O–H groups in total. The molecule has 3 heterocycles. The van der Waals surface area contributed by atoms with Crippen LogP contribution in [0, 0.1) is 0 Å². The van der Waals surface area contributed by atoms with E-state index in [0.29, 0.717) is 12.1 Å². The molecule has 1 aromatic heterocycles. The molecule has 0 saturated carbocycles. The second-order valence-corrected chi connectivity index (χ2v) is 13.5. The van der Waals surface area contributed by atoms with Crippen molar-refractivity contribution in [2.75, 3.05) is 6.54 Å². The Labute approximate surface area is 208 Å². The van der Waals surface area contributed by atoms with Gasteiger partial charge in [-0.15, -0.1) is 0 Å². The van der Waals surface area contributed by atoms with Crippen LogP contribution in [0.25, 0.3) is 0 Å². The van der Waals surface area contributed by atoms with Crippen LogP contribution in [-0.4, -0.2) is 55.7 Å². The third kappa shape index (κ3) is 8.81. The Morgan fingerprint density at radius 3 is 1.79 bits per heavy atom. The topological polar surface area (TPSA) is 86.8 Å². The summed E-state index contributed by atoms with van der Waals surface area (Å²) in [4.78, 5) is 13.0. The largest absolute Gasteiger partial charge is 0.314 e. The molecule has 0 bridgehead atoms. The van der Waals surface area contributed by atoms with Crippen LogP contribution in [-0.2, 0) is 0 Å². The molecule has 7 nitrogen and oxygen atoms in total. The van der Waals surface area contributed by atoms with E-state index in [1.807, 2.05) is 0 Å². The summed E-state index contributed by atoms with van der Waals surface area (Å²) >= 11 is 0. The van der Waals surface area contributed by atoms with Gasteiger partial charge in [0.15, 0.2) is 0 Å². The SMILES string of the molecule is CC1(C)CC(NCCCCCC(NC2CC(C)(C)NC(C)(C)C2)c2ncncn2)CC(C)(C)N1. The van der Waals surface area contributed by atoms with E-state index in [2.05, 4.69) is 91.6 Å². The minimum atomic E-state index is 0.118. The quantitative estimate of drug-likeness (QED) is 0.378. The first kappa shape index (κ1) is 27.4. The maximum absolute atomic E-state index is 4.50. The monoisotopic (exact) mass is 473 g/mol. The van der Waals surface area contributed by atoms with Gasteiger partial charge in [-0.3, -0.25) is 0 Å². The van der Waals surface area contributed by atoms with Crippen LogP contribution in [0.2, 0.25) is 0 Å². The van der Waals surface area contributed by atoms with Crippen LogP contribution in [0.5, 0.6) is 0 Å². The smallest absolute Gasteiger partial charge is 0.148 e. The van der Waals surface area contributed by atoms with Crippen molar-refractivity contribution in [3.63, 3.8) is 0 Å². The van der Waals surface area contributed by atoms with Crippen molar-refractivity contribution >= 4 is 0 Å². The molecule has 2 aliphatic rings. The maximum Gasteiger partial charge on any atom is 0.148 e. The summed E-state index contributed by atoms with van der Waals surface area (Å²) in [6.45, 7) is 19.6. The van der Waals surface area contributed by atoms with E-state index in [1.165, 1.54) is 32.1 Å². The molecule has 2 aliphatic heterocycles. The molecule has 2 saturated heterocycles. The van der Waals surface area contributed by atoms with Gasteiger partial charge in [0.25, 0.3) is 0 Å². The third-order valence-corrected chi connectivity index (χ3v) is 7.24. The number of hydrogen-bond donors (Lipinski definition) is 4. The normalized spacial score (nSPS) is 25.2. The van der Waals surface area contributed by atoms with Crippen LogP contribution in [0.4, 0.5) is 0 Å². The predicted molar refractivity (Wildman–Crippen MR) is 141 cm³/mol. The van der Waals surface area contributed by atoms with E-state index in [9.17, 15) is 0 Å². The zero-order valence-corrected chi connectivity index (χ0v) is 23.1. The van der Waals surface area contributed by atoms with Crippen molar-refractivity contribution in [3.05, 3.63) is 18.5 Å². The van der Waals surface area contributed by atoms with Crippen molar-refractivity contribution in [1.29, 1.82) is 0 Å². The van der Waals surface area contributed by atoms with E-state index in [4.69, 9.17) is 0 Å². The fourth-order valence-electron chi connectivity index (χ4n) is 6.86. The Hall–Kier alpha value is -1.15. The van der Waals surface area contributed by atoms with Gasteiger partial charge in [-0.1, -0.05) is 12.8 Å². The average Bonchev–Trinajstić information content (AvgIpc) is 2.65. The summed E-state index contributed by atoms with van der Waals surface area (Å²) in [5, 5.41) is 15.3. The molecule has 0 aromatic carbocycles. The van der Waals surface area contributed by atoms with E-state index >= 15 is 0 Å². The van der Waals surface area contributed by atoms with Crippen molar-refractivity contribution in [2.24, 2.45) is 0 Å². The Morgan fingerprint density at radius 1 is 0.765 bits per heavy atom. The fraction of sp³-hybridized carbons (Fsp3) is 0.889. The lowest BCUT2D eigenvalue weighted by Gasteiger charge is -2.47. The lowest BCUT2D eigenvalue weighted by atomic mass is 9.79. The summed E-state index contributed by atoms with van der Waals surface area (Å²) in [6.07, 6.45) is 12.5. The molecule has 34 heavy (non-hydrogen) atoms.